The van der Waals surface area contributed by atoms with Gasteiger partial charge in [-0.25, -0.2) is 4.98 Å². The number of rotatable bonds is 4. The molecule has 2 nitrogen and oxygen atoms in total. The van der Waals surface area contributed by atoms with Crippen molar-refractivity contribution in [3.63, 3.8) is 0 Å². The predicted molar refractivity (Wildman–Crippen MR) is 71.8 cm³/mol. The lowest BCUT2D eigenvalue weighted by molar-refractivity contribution is 0.293. The highest BCUT2D eigenvalue weighted by atomic mass is 35.5. The van der Waals surface area contributed by atoms with Crippen LogP contribution in [0.4, 0.5) is 0 Å². The Bertz CT molecular complexity index is 490. The number of thioether (sulfide) groups is 1. The van der Waals surface area contributed by atoms with E-state index in [-0.39, 0.29) is 0 Å². The Labute approximate surface area is 110 Å². The average Bonchev–Trinajstić information content (AvgIpc) is 2.39. The summed E-state index contributed by atoms with van der Waals surface area (Å²) in [6, 6.07) is 11.8. The molecule has 0 radical (unpaired) electrons. The first kappa shape index (κ1) is 12.3. The summed E-state index contributed by atoms with van der Waals surface area (Å²) in [5.74, 6) is 0.488. The molecule has 0 spiro atoms. The molecule has 2 rings (SSSR count). The second-order valence-electron chi connectivity index (χ2n) is 3.41. The van der Waals surface area contributed by atoms with Crippen molar-refractivity contribution in [2.45, 2.75) is 11.5 Å². The van der Waals surface area contributed by atoms with Crippen LogP contribution in [0.15, 0.2) is 47.5 Å². The second kappa shape index (κ2) is 5.94. The zero-order valence-corrected chi connectivity index (χ0v) is 11.0. The van der Waals surface area contributed by atoms with E-state index in [2.05, 4.69) is 4.98 Å². The molecule has 1 aromatic carbocycles. The smallest absolute Gasteiger partial charge is 0.234 e. The van der Waals surface area contributed by atoms with Crippen LogP contribution in [0, 0.1) is 0 Å². The van der Waals surface area contributed by atoms with Gasteiger partial charge in [0.15, 0.2) is 0 Å². The highest BCUT2D eigenvalue weighted by Crippen LogP contribution is 2.31. The van der Waals surface area contributed by atoms with Crippen LogP contribution in [0.5, 0.6) is 5.88 Å². The summed E-state index contributed by atoms with van der Waals surface area (Å²) in [4.78, 5) is 5.11. The van der Waals surface area contributed by atoms with Crippen LogP contribution < -0.4 is 4.74 Å². The van der Waals surface area contributed by atoms with E-state index < -0.39 is 0 Å². The number of halogens is 1. The largest absolute Gasteiger partial charge is 0.472 e. The summed E-state index contributed by atoms with van der Waals surface area (Å²) in [6.45, 7) is 0.478. The first-order valence-corrected chi connectivity index (χ1v) is 6.76. The Morgan fingerprint density at radius 2 is 2.00 bits per heavy atom. The molecule has 0 bridgehead atoms. The van der Waals surface area contributed by atoms with Gasteiger partial charge in [0.25, 0.3) is 0 Å². The molecule has 17 heavy (non-hydrogen) atoms. The molecule has 0 saturated heterocycles. The van der Waals surface area contributed by atoms with E-state index in [0.29, 0.717) is 17.5 Å². The van der Waals surface area contributed by atoms with E-state index in [9.17, 15) is 0 Å². The van der Waals surface area contributed by atoms with E-state index in [0.717, 1.165) is 10.5 Å². The van der Waals surface area contributed by atoms with Gasteiger partial charge < -0.3 is 4.74 Å². The number of ether oxygens (including phenoxy) is 1. The van der Waals surface area contributed by atoms with Crippen molar-refractivity contribution >= 4 is 23.4 Å². The first-order chi connectivity index (χ1) is 8.31. The van der Waals surface area contributed by atoms with Crippen molar-refractivity contribution < 1.29 is 4.74 Å². The number of nitrogens with zero attached hydrogens (tertiary/aromatic N) is 1. The van der Waals surface area contributed by atoms with Crippen molar-refractivity contribution in [3.8, 4) is 5.88 Å². The van der Waals surface area contributed by atoms with Crippen LogP contribution >= 0.6 is 23.4 Å². The fraction of sp³-hybridized carbons (Fsp3) is 0.154. The maximum Gasteiger partial charge on any atom is 0.234 e. The highest BCUT2D eigenvalue weighted by molar-refractivity contribution is 7.98. The molecule has 0 aliphatic heterocycles. The van der Waals surface area contributed by atoms with Crippen LogP contribution in [-0.2, 0) is 6.61 Å². The maximum atomic E-state index is 6.17. The average molecular weight is 266 g/mol. The summed E-state index contributed by atoms with van der Waals surface area (Å²) in [5.41, 5.74) is 1.10. The summed E-state index contributed by atoms with van der Waals surface area (Å²) >= 11 is 7.75. The van der Waals surface area contributed by atoms with E-state index >= 15 is 0 Å². The molecule has 0 amide bonds. The van der Waals surface area contributed by atoms with Gasteiger partial charge in [-0.15, -0.1) is 11.8 Å². The Balaban J connectivity index is 2.09. The summed E-state index contributed by atoms with van der Waals surface area (Å²) < 4.78 is 5.61. The monoisotopic (exact) mass is 265 g/mol. The Morgan fingerprint density at radius 1 is 1.24 bits per heavy atom. The van der Waals surface area contributed by atoms with Gasteiger partial charge in [-0.2, -0.15) is 0 Å². The minimum absolute atomic E-state index is 0.478. The zero-order chi connectivity index (χ0) is 12.1. The van der Waals surface area contributed by atoms with E-state index in [4.69, 9.17) is 16.3 Å². The van der Waals surface area contributed by atoms with Crippen LogP contribution in [0.25, 0.3) is 0 Å². The number of hydrogen-bond acceptors (Lipinski definition) is 3. The number of pyridine rings is 1. The van der Waals surface area contributed by atoms with E-state index in [1.165, 1.54) is 0 Å². The van der Waals surface area contributed by atoms with E-state index in [1.54, 1.807) is 18.0 Å². The molecule has 0 N–H and O–H groups in total. The van der Waals surface area contributed by atoms with Crippen molar-refractivity contribution in [3.05, 3.63) is 53.2 Å². The number of hydrogen-bond donors (Lipinski definition) is 0. The molecule has 0 aliphatic rings. The second-order valence-corrected chi connectivity index (χ2v) is 4.63. The molecule has 1 aromatic heterocycles. The molecule has 0 aliphatic carbocycles. The van der Waals surface area contributed by atoms with Crippen molar-refractivity contribution in [2.75, 3.05) is 6.26 Å². The number of aromatic nitrogens is 1. The molecule has 0 saturated carbocycles. The van der Waals surface area contributed by atoms with E-state index in [1.807, 2.05) is 42.7 Å². The minimum atomic E-state index is 0.478. The normalized spacial score (nSPS) is 10.2. The molecule has 1 heterocycles. The molecule has 2 aromatic rings. The maximum absolute atomic E-state index is 6.17. The molecule has 0 unspecified atom stereocenters. The van der Waals surface area contributed by atoms with Gasteiger partial charge in [-0.3, -0.25) is 0 Å². The Morgan fingerprint density at radius 3 is 2.71 bits per heavy atom. The van der Waals surface area contributed by atoms with Gasteiger partial charge in [-0.05, 0) is 17.9 Å². The first-order valence-electron chi connectivity index (χ1n) is 5.16. The van der Waals surface area contributed by atoms with Gasteiger partial charge in [-0.1, -0.05) is 41.9 Å². The predicted octanol–water partition coefficient (Wildman–Crippen LogP) is 4.04. The quantitative estimate of drug-likeness (QED) is 0.779. The molecule has 4 heteroatoms. The lowest BCUT2D eigenvalue weighted by atomic mass is 10.2. The van der Waals surface area contributed by atoms with Gasteiger partial charge >= 0.3 is 0 Å². The van der Waals surface area contributed by atoms with Crippen LogP contribution in [-0.4, -0.2) is 11.2 Å². The fourth-order valence-electron chi connectivity index (χ4n) is 1.39. The lowest BCUT2D eigenvalue weighted by Gasteiger charge is -2.08. The number of benzene rings is 1. The molecular formula is C13H12ClNOS. The molecular weight excluding hydrogens is 254 g/mol. The third-order valence-corrected chi connectivity index (χ3v) is 3.52. The van der Waals surface area contributed by atoms with Crippen molar-refractivity contribution in [1.29, 1.82) is 0 Å². The van der Waals surface area contributed by atoms with Gasteiger partial charge in [0.05, 0.1) is 0 Å². The van der Waals surface area contributed by atoms with Crippen LogP contribution in [0.1, 0.15) is 5.56 Å². The standard InChI is InChI=1S/C13H12ClNOS/c1-17-11-7-8-15-13(12(11)14)16-9-10-5-3-2-4-6-10/h2-8H,9H2,1H3. The van der Waals surface area contributed by atoms with Crippen LogP contribution in [0.3, 0.4) is 0 Å². The molecule has 0 atom stereocenters. The third-order valence-electron chi connectivity index (χ3n) is 2.26. The van der Waals surface area contributed by atoms with Crippen molar-refractivity contribution in [1.82, 2.24) is 4.98 Å². The zero-order valence-electron chi connectivity index (χ0n) is 9.39. The summed E-state index contributed by atoms with van der Waals surface area (Å²) in [5, 5.41) is 0.580. The summed E-state index contributed by atoms with van der Waals surface area (Å²) in [7, 11) is 0. The Hall–Kier alpha value is -1.19. The van der Waals surface area contributed by atoms with Crippen LogP contribution in [0.2, 0.25) is 5.02 Å². The topological polar surface area (TPSA) is 22.1 Å². The van der Waals surface area contributed by atoms with Crippen molar-refractivity contribution in [2.24, 2.45) is 0 Å². The summed E-state index contributed by atoms with van der Waals surface area (Å²) in [6.07, 6.45) is 3.68. The molecule has 0 fully saturated rings. The Kier molecular flexibility index (Phi) is 4.29. The third kappa shape index (κ3) is 3.14. The highest BCUT2D eigenvalue weighted by Gasteiger charge is 2.07. The van der Waals surface area contributed by atoms with Gasteiger partial charge in [0, 0.05) is 11.1 Å². The minimum Gasteiger partial charge on any atom is -0.472 e. The SMILES string of the molecule is CSc1ccnc(OCc2ccccc2)c1Cl. The fourth-order valence-corrected chi connectivity index (χ4v) is 2.25. The molecule has 88 valence electrons. The van der Waals surface area contributed by atoms with Gasteiger partial charge in [0.1, 0.15) is 11.6 Å². The van der Waals surface area contributed by atoms with Gasteiger partial charge in [0.2, 0.25) is 5.88 Å². The lowest BCUT2D eigenvalue weighted by Crippen LogP contribution is -1.98.